The zero-order chi connectivity index (χ0) is 23.3. The van der Waals surface area contributed by atoms with Crippen molar-refractivity contribution in [2.75, 3.05) is 0 Å². The summed E-state index contributed by atoms with van der Waals surface area (Å²) in [5.74, 6) is 0.209. The maximum absolute atomic E-state index is 12.8. The molecule has 0 bridgehead atoms. The number of azo groups is 1. The van der Waals surface area contributed by atoms with E-state index in [-0.39, 0.29) is 29.5 Å². The van der Waals surface area contributed by atoms with Crippen LogP contribution in [0.15, 0.2) is 63.6 Å². The minimum Gasteiger partial charge on any atom is -0.494 e. The number of hydrogen-bond donors (Lipinski definition) is 1. The summed E-state index contributed by atoms with van der Waals surface area (Å²) in [6, 6.07) is 13.7. The van der Waals surface area contributed by atoms with Crippen molar-refractivity contribution in [2.45, 2.75) is 40.3 Å². The lowest BCUT2D eigenvalue weighted by Crippen LogP contribution is -2.21. The van der Waals surface area contributed by atoms with Gasteiger partial charge in [-0.25, -0.2) is 0 Å². The fourth-order valence-electron chi connectivity index (χ4n) is 3.15. The van der Waals surface area contributed by atoms with Gasteiger partial charge in [0, 0.05) is 12.1 Å². The van der Waals surface area contributed by atoms with E-state index in [0.29, 0.717) is 29.8 Å². The van der Waals surface area contributed by atoms with E-state index in [4.69, 9.17) is 4.74 Å². The van der Waals surface area contributed by atoms with Crippen molar-refractivity contribution in [3.05, 3.63) is 85.7 Å². The van der Waals surface area contributed by atoms with E-state index >= 15 is 0 Å². The van der Waals surface area contributed by atoms with Gasteiger partial charge in [-0.15, -0.1) is 10.2 Å². The normalized spacial score (nSPS) is 11.1. The first-order chi connectivity index (χ1) is 15.3. The molecule has 0 unspecified atom stereocenters. The second-order valence-corrected chi connectivity index (χ2v) is 7.26. The summed E-state index contributed by atoms with van der Waals surface area (Å²) < 4.78 is 6.88. The predicted octanol–water partition coefficient (Wildman–Crippen LogP) is 5.48. The van der Waals surface area contributed by atoms with Crippen molar-refractivity contribution in [3.8, 4) is 11.6 Å². The van der Waals surface area contributed by atoms with Gasteiger partial charge in [-0.1, -0.05) is 37.3 Å². The molecular formula is C23H24N4O5. The van der Waals surface area contributed by atoms with Gasteiger partial charge in [0.2, 0.25) is 0 Å². The molecule has 0 saturated carbocycles. The number of hydrogen-bond acceptors (Lipinski definition) is 7. The van der Waals surface area contributed by atoms with Crippen LogP contribution in [0, 0.1) is 24.0 Å². The highest BCUT2D eigenvalue weighted by atomic mass is 16.6. The van der Waals surface area contributed by atoms with Gasteiger partial charge in [0.25, 0.3) is 11.2 Å². The topological polar surface area (TPSA) is 119 Å². The predicted molar refractivity (Wildman–Crippen MR) is 120 cm³/mol. The summed E-state index contributed by atoms with van der Waals surface area (Å²) in [5, 5.41) is 29.9. The number of pyridine rings is 1. The van der Waals surface area contributed by atoms with E-state index in [1.807, 2.05) is 37.3 Å². The molecule has 2 aromatic carbocycles. The Kier molecular flexibility index (Phi) is 6.99. The molecule has 0 aliphatic heterocycles. The van der Waals surface area contributed by atoms with Crippen LogP contribution in [0.2, 0.25) is 0 Å². The van der Waals surface area contributed by atoms with Crippen LogP contribution in [0.1, 0.15) is 30.0 Å². The number of nitrogens with zero attached hydrogens (tertiary/aromatic N) is 4. The average Bonchev–Trinajstić information content (AvgIpc) is 2.80. The summed E-state index contributed by atoms with van der Waals surface area (Å²) >= 11 is 0. The Labute approximate surface area is 184 Å². The van der Waals surface area contributed by atoms with Gasteiger partial charge in [-0.2, -0.15) is 0 Å². The number of aromatic hydroxyl groups is 1. The van der Waals surface area contributed by atoms with Crippen molar-refractivity contribution in [1.29, 1.82) is 0 Å². The number of aromatic nitrogens is 1. The molecular weight excluding hydrogens is 412 g/mol. The molecule has 9 nitrogen and oxygen atoms in total. The van der Waals surface area contributed by atoms with E-state index in [1.54, 1.807) is 19.9 Å². The molecule has 0 amide bonds. The van der Waals surface area contributed by atoms with E-state index in [0.717, 1.165) is 5.56 Å². The van der Waals surface area contributed by atoms with Crippen molar-refractivity contribution < 1.29 is 14.8 Å². The molecule has 9 heteroatoms. The summed E-state index contributed by atoms with van der Waals surface area (Å²) in [7, 11) is 0. The lowest BCUT2D eigenvalue weighted by Gasteiger charge is -2.13. The SMILES string of the molecule is CCCn1c(O)c(C)c(C)c(N=Nc2ccc(OCc3ccccc3)cc2[N+](=O)[O-])c1=O. The van der Waals surface area contributed by atoms with Crippen LogP contribution < -0.4 is 10.3 Å². The van der Waals surface area contributed by atoms with E-state index < -0.39 is 10.5 Å². The average molecular weight is 436 g/mol. The first-order valence-electron chi connectivity index (χ1n) is 10.1. The molecule has 3 aromatic rings. The fraction of sp³-hybridized carbons (Fsp3) is 0.261. The number of nitro groups is 1. The molecule has 0 aliphatic carbocycles. The Hall–Kier alpha value is -4.01. The van der Waals surface area contributed by atoms with Gasteiger partial charge < -0.3 is 9.84 Å². The largest absolute Gasteiger partial charge is 0.494 e. The third kappa shape index (κ3) is 4.83. The van der Waals surface area contributed by atoms with Crippen LogP contribution >= 0.6 is 0 Å². The van der Waals surface area contributed by atoms with Crippen molar-refractivity contribution in [1.82, 2.24) is 4.57 Å². The van der Waals surface area contributed by atoms with E-state index in [1.165, 1.54) is 16.7 Å². The maximum atomic E-state index is 12.8. The summed E-state index contributed by atoms with van der Waals surface area (Å²) in [6.07, 6.45) is 0.641. The molecule has 3 rings (SSSR count). The Bertz CT molecular complexity index is 1220. The van der Waals surface area contributed by atoms with Crippen LogP contribution in [-0.4, -0.2) is 14.6 Å². The molecule has 0 atom stereocenters. The number of ether oxygens (including phenoxy) is 1. The Morgan fingerprint density at radius 2 is 1.81 bits per heavy atom. The molecule has 0 spiro atoms. The second kappa shape index (κ2) is 9.86. The van der Waals surface area contributed by atoms with Gasteiger partial charge in [-0.05, 0) is 43.5 Å². The molecule has 32 heavy (non-hydrogen) atoms. The molecule has 0 fully saturated rings. The lowest BCUT2D eigenvalue weighted by atomic mass is 10.1. The highest BCUT2D eigenvalue weighted by Gasteiger charge is 2.18. The van der Waals surface area contributed by atoms with Crippen LogP contribution in [0.3, 0.4) is 0 Å². The molecule has 0 aliphatic rings. The first-order valence-corrected chi connectivity index (χ1v) is 10.1. The number of benzene rings is 2. The number of nitro benzene ring substituents is 1. The Morgan fingerprint density at radius 1 is 1.09 bits per heavy atom. The van der Waals surface area contributed by atoms with E-state index in [2.05, 4.69) is 10.2 Å². The van der Waals surface area contributed by atoms with Crippen LogP contribution in [-0.2, 0) is 13.2 Å². The van der Waals surface area contributed by atoms with Gasteiger partial charge >= 0.3 is 0 Å². The van der Waals surface area contributed by atoms with Gasteiger partial charge in [-0.3, -0.25) is 19.5 Å². The molecule has 166 valence electrons. The molecule has 1 heterocycles. The van der Waals surface area contributed by atoms with Gasteiger partial charge in [0.15, 0.2) is 17.3 Å². The third-order valence-corrected chi connectivity index (χ3v) is 5.05. The summed E-state index contributed by atoms with van der Waals surface area (Å²) in [5.41, 5.74) is 1.14. The fourth-order valence-corrected chi connectivity index (χ4v) is 3.15. The lowest BCUT2D eigenvalue weighted by molar-refractivity contribution is -0.384. The molecule has 0 radical (unpaired) electrons. The maximum Gasteiger partial charge on any atom is 0.300 e. The monoisotopic (exact) mass is 436 g/mol. The van der Waals surface area contributed by atoms with Crippen molar-refractivity contribution in [3.63, 3.8) is 0 Å². The molecule has 0 saturated heterocycles. The van der Waals surface area contributed by atoms with Gasteiger partial charge in [0.05, 0.1) is 11.0 Å². The molecule has 1 aromatic heterocycles. The standard InChI is InChI=1S/C23H24N4O5/c1-4-12-26-22(28)16(3)15(2)21(23(26)29)25-24-19-11-10-18(13-20(19)27(30)31)32-14-17-8-6-5-7-9-17/h5-11,13,28H,4,12,14H2,1-3H3. The Balaban J connectivity index is 1.93. The van der Waals surface area contributed by atoms with Crippen molar-refractivity contribution >= 4 is 17.1 Å². The van der Waals surface area contributed by atoms with Crippen molar-refractivity contribution in [2.24, 2.45) is 10.2 Å². The zero-order valence-corrected chi connectivity index (χ0v) is 18.1. The summed E-state index contributed by atoms with van der Waals surface area (Å²) in [6.45, 7) is 5.80. The third-order valence-electron chi connectivity index (χ3n) is 5.05. The molecule has 1 N–H and O–H groups in total. The van der Waals surface area contributed by atoms with Gasteiger partial charge in [0.1, 0.15) is 12.4 Å². The minimum absolute atomic E-state index is 0.00590. The van der Waals surface area contributed by atoms with E-state index in [9.17, 15) is 20.0 Å². The quantitative estimate of drug-likeness (QED) is 0.285. The van der Waals surface area contributed by atoms with Crippen LogP contribution in [0.25, 0.3) is 0 Å². The summed E-state index contributed by atoms with van der Waals surface area (Å²) in [4.78, 5) is 23.8. The first kappa shape index (κ1) is 22.7. The highest BCUT2D eigenvalue weighted by Crippen LogP contribution is 2.34. The second-order valence-electron chi connectivity index (χ2n) is 7.26. The smallest absolute Gasteiger partial charge is 0.300 e. The Morgan fingerprint density at radius 3 is 2.47 bits per heavy atom. The number of rotatable bonds is 8. The minimum atomic E-state index is -0.575. The zero-order valence-electron chi connectivity index (χ0n) is 18.1. The van der Waals surface area contributed by atoms with Crippen LogP contribution in [0.4, 0.5) is 17.1 Å². The van der Waals surface area contributed by atoms with Crippen LogP contribution in [0.5, 0.6) is 11.6 Å². The highest BCUT2D eigenvalue weighted by molar-refractivity contribution is 5.60.